The highest BCUT2D eigenvalue weighted by molar-refractivity contribution is 7.89. The molecule has 0 aliphatic carbocycles. The standard InChI is InChI=1S/C14H25N5O3S/c1-9-13(11(3)18(4)16-9)23(21,22)17-10(2)14(20)19-7-5-6-12(15)8-19/h10,12,17H,5-8,15H2,1-4H3. The Labute approximate surface area is 137 Å². The highest BCUT2D eigenvalue weighted by atomic mass is 32.2. The van der Waals surface area contributed by atoms with Gasteiger partial charge in [-0.2, -0.15) is 9.82 Å². The summed E-state index contributed by atoms with van der Waals surface area (Å²) in [6.45, 7) is 5.96. The molecule has 0 bridgehead atoms. The zero-order valence-corrected chi connectivity index (χ0v) is 14.9. The second kappa shape index (κ2) is 6.58. The van der Waals surface area contributed by atoms with Gasteiger partial charge in [0.25, 0.3) is 0 Å². The molecule has 1 aliphatic heterocycles. The molecule has 1 aromatic heterocycles. The molecule has 2 heterocycles. The van der Waals surface area contributed by atoms with Gasteiger partial charge in [-0.05, 0) is 33.6 Å². The third kappa shape index (κ3) is 3.73. The fourth-order valence-corrected chi connectivity index (χ4v) is 4.60. The summed E-state index contributed by atoms with van der Waals surface area (Å²) in [7, 11) is -2.12. The second-order valence-electron chi connectivity index (χ2n) is 6.15. The van der Waals surface area contributed by atoms with Gasteiger partial charge in [0, 0.05) is 26.2 Å². The predicted molar refractivity (Wildman–Crippen MR) is 86.3 cm³/mol. The molecule has 1 amide bonds. The Morgan fingerprint density at radius 3 is 2.61 bits per heavy atom. The smallest absolute Gasteiger partial charge is 0.244 e. The van der Waals surface area contributed by atoms with Crippen LogP contribution in [-0.2, 0) is 21.9 Å². The van der Waals surface area contributed by atoms with E-state index < -0.39 is 16.1 Å². The van der Waals surface area contributed by atoms with Crippen molar-refractivity contribution in [1.29, 1.82) is 0 Å². The van der Waals surface area contributed by atoms with Crippen molar-refractivity contribution in [3.63, 3.8) is 0 Å². The van der Waals surface area contributed by atoms with E-state index in [1.54, 1.807) is 32.7 Å². The van der Waals surface area contributed by atoms with Crippen LogP contribution in [0.2, 0.25) is 0 Å². The van der Waals surface area contributed by atoms with Crippen molar-refractivity contribution in [2.45, 2.75) is 50.6 Å². The van der Waals surface area contributed by atoms with Gasteiger partial charge in [-0.3, -0.25) is 9.48 Å². The number of nitrogens with zero attached hydrogens (tertiary/aromatic N) is 3. The monoisotopic (exact) mass is 343 g/mol. The molecule has 23 heavy (non-hydrogen) atoms. The number of sulfonamides is 1. The second-order valence-corrected chi connectivity index (χ2v) is 7.80. The van der Waals surface area contributed by atoms with E-state index in [0.29, 0.717) is 24.5 Å². The van der Waals surface area contributed by atoms with E-state index in [-0.39, 0.29) is 16.8 Å². The molecule has 0 aromatic carbocycles. The number of hydrogen-bond acceptors (Lipinski definition) is 5. The van der Waals surface area contributed by atoms with Crippen LogP contribution in [-0.4, -0.2) is 54.2 Å². The first-order chi connectivity index (χ1) is 10.6. The average molecular weight is 343 g/mol. The van der Waals surface area contributed by atoms with Crippen LogP contribution in [0.15, 0.2) is 4.90 Å². The molecule has 1 fully saturated rings. The van der Waals surface area contributed by atoms with Crippen LogP contribution >= 0.6 is 0 Å². The lowest BCUT2D eigenvalue weighted by Crippen LogP contribution is -2.52. The number of carbonyl (C=O) groups excluding carboxylic acids is 1. The van der Waals surface area contributed by atoms with E-state index in [9.17, 15) is 13.2 Å². The predicted octanol–water partition coefficient (Wildman–Crippen LogP) is -0.347. The number of nitrogens with one attached hydrogen (secondary N) is 1. The molecule has 1 saturated heterocycles. The summed E-state index contributed by atoms with van der Waals surface area (Å²) in [5.74, 6) is -0.247. The third-order valence-electron chi connectivity index (χ3n) is 4.18. The molecule has 0 spiro atoms. The number of amides is 1. The van der Waals surface area contributed by atoms with Gasteiger partial charge in [-0.25, -0.2) is 8.42 Å². The van der Waals surface area contributed by atoms with E-state index in [2.05, 4.69) is 9.82 Å². The van der Waals surface area contributed by atoms with Crippen LogP contribution in [0.4, 0.5) is 0 Å². The van der Waals surface area contributed by atoms with Gasteiger partial charge < -0.3 is 10.6 Å². The zero-order chi connectivity index (χ0) is 17.4. The number of aromatic nitrogens is 2. The highest BCUT2D eigenvalue weighted by Crippen LogP contribution is 2.19. The first kappa shape index (κ1) is 17.9. The van der Waals surface area contributed by atoms with Crippen molar-refractivity contribution in [2.24, 2.45) is 12.8 Å². The summed E-state index contributed by atoms with van der Waals surface area (Å²) in [6, 6.07) is -0.886. The van der Waals surface area contributed by atoms with Crippen molar-refractivity contribution in [1.82, 2.24) is 19.4 Å². The molecule has 0 radical (unpaired) electrons. The van der Waals surface area contributed by atoms with Gasteiger partial charge in [0.2, 0.25) is 15.9 Å². The van der Waals surface area contributed by atoms with E-state index in [0.717, 1.165) is 12.8 Å². The lowest BCUT2D eigenvalue weighted by molar-refractivity contribution is -0.133. The van der Waals surface area contributed by atoms with E-state index in [1.807, 2.05) is 0 Å². The van der Waals surface area contributed by atoms with Crippen molar-refractivity contribution < 1.29 is 13.2 Å². The first-order valence-corrected chi connectivity index (χ1v) is 9.18. The molecule has 3 N–H and O–H groups in total. The summed E-state index contributed by atoms with van der Waals surface area (Å²) < 4.78 is 29.2. The number of nitrogens with two attached hydrogens (primary N) is 1. The molecule has 9 heteroatoms. The Bertz CT molecular complexity index is 698. The van der Waals surface area contributed by atoms with Crippen LogP contribution in [0.25, 0.3) is 0 Å². The summed E-state index contributed by atoms with van der Waals surface area (Å²) in [5.41, 5.74) is 6.83. The Morgan fingerprint density at radius 2 is 2.09 bits per heavy atom. The molecule has 8 nitrogen and oxygen atoms in total. The average Bonchev–Trinajstić information content (AvgIpc) is 2.71. The van der Waals surface area contributed by atoms with Gasteiger partial charge in [0.05, 0.1) is 17.4 Å². The Morgan fingerprint density at radius 1 is 1.43 bits per heavy atom. The van der Waals surface area contributed by atoms with Crippen LogP contribution in [0, 0.1) is 13.8 Å². The number of likely N-dealkylation sites (tertiary alicyclic amines) is 1. The van der Waals surface area contributed by atoms with Crippen LogP contribution in [0.1, 0.15) is 31.2 Å². The Kier molecular flexibility index (Phi) is 5.12. The largest absolute Gasteiger partial charge is 0.340 e. The molecule has 2 atom stereocenters. The maximum absolute atomic E-state index is 12.6. The maximum Gasteiger partial charge on any atom is 0.244 e. The van der Waals surface area contributed by atoms with E-state index in [4.69, 9.17) is 5.73 Å². The van der Waals surface area contributed by atoms with Crippen LogP contribution in [0.3, 0.4) is 0 Å². The van der Waals surface area contributed by atoms with Gasteiger partial charge in [0.15, 0.2) is 0 Å². The minimum atomic E-state index is -3.81. The summed E-state index contributed by atoms with van der Waals surface area (Å²) in [4.78, 5) is 14.2. The van der Waals surface area contributed by atoms with Crippen LogP contribution in [0.5, 0.6) is 0 Å². The van der Waals surface area contributed by atoms with E-state index >= 15 is 0 Å². The molecule has 130 valence electrons. The SMILES string of the molecule is Cc1nn(C)c(C)c1S(=O)(=O)NC(C)C(=O)N1CCCC(N)C1. The summed E-state index contributed by atoms with van der Waals surface area (Å²) in [6.07, 6.45) is 1.73. The number of hydrogen-bond donors (Lipinski definition) is 2. The third-order valence-corrected chi connectivity index (χ3v) is 5.98. The maximum atomic E-state index is 12.6. The number of carbonyl (C=O) groups is 1. The Hall–Kier alpha value is -1.45. The normalized spacial score (nSPS) is 20.6. The quantitative estimate of drug-likeness (QED) is 0.777. The molecule has 1 aromatic rings. The number of aryl methyl sites for hydroxylation is 2. The Balaban J connectivity index is 2.15. The minimum absolute atomic E-state index is 0.0423. The molecular formula is C14H25N5O3S. The fourth-order valence-electron chi connectivity index (χ4n) is 2.97. The number of piperidine rings is 1. The summed E-state index contributed by atoms with van der Waals surface area (Å²) >= 11 is 0. The summed E-state index contributed by atoms with van der Waals surface area (Å²) in [5, 5.41) is 4.11. The first-order valence-electron chi connectivity index (χ1n) is 7.70. The van der Waals surface area contributed by atoms with Crippen molar-refractivity contribution in [3.05, 3.63) is 11.4 Å². The fraction of sp³-hybridized carbons (Fsp3) is 0.714. The molecule has 1 aliphatic rings. The molecule has 2 unspecified atom stereocenters. The van der Waals surface area contributed by atoms with Gasteiger partial charge in [-0.1, -0.05) is 0 Å². The van der Waals surface area contributed by atoms with Crippen LogP contribution < -0.4 is 10.5 Å². The molecule has 2 rings (SSSR count). The highest BCUT2D eigenvalue weighted by Gasteiger charge is 2.31. The number of rotatable bonds is 4. The minimum Gasteiger partial charge on any atom is -0.340 e. The topological polar surface area (TPSA) is 110 Å². The van der Waals surface area contributed by atoms with Gasteiger partial charge in [-0.15, -0.1) is 0 Å². The van der Waals surface area contributed by atoms with Gasteiger partial charge in [0.1, 0.15) is 4.90 Å². The molecular weight excluding hydrogens is 318 g/mol. The van der Waals surface area contributed by atoms with Crippen molar-refractivity contribution in [2.75, 3.05) is 13.1 Å². The zero-order valence-electron chi connectivity index (χ0n) is 14.0. The van der Waals surface area contributed by atoms with Crippen molar-refractivity contribution in [3.8, 4) is 0 Å². The molecule has 0 saturated carbocycles. The lowest BCUT2D eigenvalue weighted by atomic mass is 10.1. The van der Waals surface area contributed by atoms with Gasteiger partial charge >= 0.3 is 0 Å². The van der Waals surface area contributed by atoms with Crippen molar-refractivity contribution >= 4 is 15.9 Å². The van der Waals surface area contributed by atoms with E-state index in [1.165, 1.54) is 4.68 Å². The lowest BCUT2D eigenvalue weighted by Gasteiger charge is -2.32.